The fourth-order valence-corrected chi connectivity index (χ4v) is 4.91. The Morgan fingerprint density at radius 1 is 0.972 bits per heavy atom. The average Bonchev–Trinajstić information content (AvgIpc) is 3.34. The Morgan fingerprint density at radius 3 is 2.50 bits per heavy atom. The molecule has 2 aliphatic heterocycles. The molecule has 2 saturated heterocycles. The lowest BCUT2D eigenvalue weighted by Crippen LogP contribution is -2.56. The van der Waals surface area contributed by atoms with Gasteiger partial charge in [0.1, 0.15) is 11.5 Å². The summed E-state index contributed by atoms with van der Waals surface area (Å²) in [7, 11) is 0. The number of nitrogens with zero attached hydrogens (tertiary/aromatic N) is 7. The number of benzene rings is 1. The van der Waals surface area contributed by atoms with Crippen LogP contribution in [-0.4, -0.2) is 75.1 Å². The summed E-state index contributed by atoms with van der Waals surface area (Å²) in [6.45, 7) is 8.99. The first-order valence-corrected chi connectivity index (χ1v) is 12.7. The van der Waals surface area contributed by atoms with Gasteiger partial charge < -0.3 is 9.64 Å². The van der Waals surface area contributed by atoms with Gasteiger partial charge in [-0.1, -0.05) is 12.1 Å². The molecule has 2 aliphatic rings. The topological polar surface area (TPSA) is 72.2 Å². The number of anilines is 1. The lowest BCUT2D eigenvalue weighted by atomic mass is 10.1. The number of aromatic nitrogens is 5. The van der Waals surface area contributed by atoms with Crippen molar-refractivity contribution < 1.29 is 4.74 Å². The Labute approximate surface area is 211 Å². The number of hydrogen-bond acceptors (Lipinski definition) is 7. The average molecular weight is 482 g/mol. The third-order valence-electron chi connectivity index (χ3n) is 7.12. The quantitative estimate of drug-likeness (QED) is 0.400. The minimum atomic E-state index is 0.627. The molecule has 2 fully saturated rings. The summed E-state index contributed by atoms with van der Waals surface area (Å²) in [6.07, 6.45) is 8.21. The number of rotatable bonds is 7. The molecule has 0 atom stereocenters. The monoisotopic (exact) mass is 481 g/mol. The maximum Gasteiger partial charge on any atom is 0.133 e. The fourth-order valence-electron chi connectivity index (χ4n) is 4.91. The van der Waals surface area contributed by atoms with Gasteiger partial charge >= 0.3 is 0 Å². The van der Waals surface area contributed by atoms with Crippen molar-refractivity contribution in [3.8, 4) is 22.5 Å². The first-order valence-electron chi connectivity index (χ1n) is 12.7. The van der Waals surface area contributed by atoms with Crippen LogP contribution in [0.4, 0.5) is 5.69 Å². The first kappa shape index (κ1) is 22.8. The molecule has 1 aromatic carbocycles. The molecule has 0 N–H and O–H groups in total. The molecule has 0 saturated carbocycles. The highest BCUT2D eigenvalue weighted by Crippen LogP contribution is 2.29. The zero-order valence-corrected chi connectivity index (χ0v) is 20.6. The first-order chi connectivity index (χ1) is 17.8. The Hall–Kier alpha value is -3.62. The smallest absolute Gasteiger partial charge is 0.133 e. The van der Waals surface area contributed by atoms with E-state index in [1.54, 1.807) is 6.20 Å². The molecule has 0 amide bonds. The van der Waals surface area contributed by atoms with Crippen LogP contribution in [0.2, 0.25) is 0 Å². The molecule has 0 unspecified atom stereocenters. The van der Waals surface area contributed by atoms with Gasteiger partial charge in [0.15, 0.2) is 0 Å². The van der Waals surface area contributed by atoms with Crippen molar-refractivity contribution in [2.45, 2.75) is 25.9 Å². The highest BCUT2D eigenvalue weighted by atomic mass is 16.5. The fraction of sp³-hybridized carbons (Fsp3) is 0.357. The van der Waals surface area contributed by atoms with E-state index in [2.05, 4.69) is 57.2 Å². The summed E-state index contributed by atoms with van der Waals surface area (Å²) >= 11 is 0. The van der Waals surface area contributed by atoms with Gasteiger partial charge in [-0.05, 0) is 42.8 Å². The Balaban J connectivity index is 1.16. The van der Waals surface area contributed by atoms with Crippen molar-refractivity contribution in [1.82, 2.24) is 29.6 Å². The predicted molar refractivity (Wildman–Crippen MR) is 140 cm³/mol. The van der Waals surface area contributed by atoms with Crippen LogP contribution < -0.4 is 4.90 Å². The Kier molecular flexibility index (Phi) is 6.44. The van der Waals surface area contributed by atoms with Gasteiger partial charge in [0.25, 0.3) is 0 Å². The normalized spacial score (nSPS) is 16.8. The van der Waals surface area contributed by atoms with Gasteiger partial charge in [-0.3, -0.25) is 14.6 Å². The van der Waals surface area contributed by atoms with Crippen molar-refractivity contribution in [2.75, 3.05) is 44.3 Å². The summed E-state index contributed by atoms with van der Waals surface area (Å²) in [5.74, 6) is 0.804. The van der Waals surface area contributed by atoms with Crippen LogP contribution in [0.15, 0.2) is 67.3 Å². The molecule has 4 aromatic rings. The van der Waals surface area contributed by atoms with E-state index in [1.165, 1.54) is 11.3 Å². The summed E-state index contributed by atoms with van der Waals surface area (Å²) in [5.41, 5.74) is 6.24. The molecule has 0 aliphatic carbocycles. The maximum absolute atomic E-state index is 5.35. The van der Waals surface area contributed by atoms with Gasteiger partial charge in [0, 0.05) is 80.7 Å². The molecule has 8 nitrogen and oxygen atoms in total. The van der Waals surface area contributed by atoms with E-state index in [9.17, 15) is 0 Å². The van der Waals surface area contributed by atoms with Crippen LogP contribution in [0.5, 0.6) is 0 Å². The van der Waals surface area contributed by atoms with E-state index >= 15 is 0 Å². The van der Waals surface area contributed by atoms with Crippen LogP contribution in [0.3, 0.4) is 0 Å². The zero-order chi connectivity index (χ0) is 24.3. The number of pyridine rings is 1. The Bertz CT molecular complexity index is 1290. The minimum absolute atomic E-state index is 0.627. The second-order valence-electron chi connectivity index (χ2n) is 9.40. The zero-order valence-electron chi connectivity index (χ0n) is 20.6. The van der Waals surface area contributed by atoms with Crippen molar-refractivity contribution in [3.63, 3.8) is 0 Å². The third kappa shape index (κ3) is 4.74. The minimum Gasteiger partial charge on any atom is -0.378 e. The second kappa shape index (κ2) is 10.2. The van der Waals surface area contributed by atoms with Crippen LogP contribution in [0, 0.1) is 0 Å². The highest BCUT2D eigenvalue weighted by Gasteiger charge is 2.28. The van der Waals surface area contributed by atoms with Crippen molar-refractivity contribution in [3.05, 3.63) is 78.6 Å². The van der Waals surface area contributed by atoms with Crippen LogP contribution in [-0.2, 0) is 17.7 Å². The van der Waals surface area contributed by atoms with E-state index in [1.807, 2.05) is 35.3 Å². The van der Waals surface area contributed by atoms with E-state index in [4.69, 9.17) is 14.8 Å². The van der Waals surface area contributed by atoms with Gasteiger partial charge in [-0.15, -0.1) is 0 Å². The molecule has 36 heavy (non-hydrogen) atoms. The van der Waals surface area contributed by atoms with Gasteiger partial charge in [0.2, 0.25) is 0 Å². The molecule has 5 heterocycles. The molecule has 8 heteroatoms. The third-order valence-corrected chi connectivity index (χ3v) is 7.12. The van der Waals surface area contributed by atoms with Crippen LogP contribution in [0.25, 0.3) is 22.5 Å². The highest BCUT2D eigenvalue weighted by molar-refractivity contribution is 5.78. The molecular weight excluding hydrogens is 450 g/mol. The van der Waals surface area contributed by atoms with Crippen molar-refractivity contribution >= 4 is 5.69 Å². The van der Waals surface area contributed by atoms with E-state index in [-0.39, 0.29) is 0 Å². The second-order valence-corrected chi connectivity index (χ2v) is 9.40. The van der Waals surface area contributed by atoms with Crippen LogP contribution >= 0.6 is 0 Å². The summed E-state index contributed by atoms with van der Waals surface area (Å²) in [5, 5.41) is 4.77. The summed E-state index contributed by atoms with van der Waals surface area (Å²) in [4.78, 5) is 18.8. The summed E-state index contributed by atoms with van der Waals surface area (Å²) in [6, 6.07) is 15.4. The standard InChI is InChI=1S/C28H31N7O/c1-2-35-18-25(28(32-35)22-4-3-10-29-17-22)26-9-11-30-27(31-26)16-21-5-7-23(8-6-21)33-12-14-34(15-13-33)24-19-36-20-24/h3-11,17-18,24H,2,12-16,19-20H2,1H3. The van der Waals surface area contributed by atoms with Crippen molar-refractivity contribution in [1.29, 1.82) is 0 Å². The van der Waals surface area contributed by atoms with Gasteiger partial charge in [0.05, 0.1) is 24.9 Å². The van der Waals surface area contributed by atoms with E-state index in [0.717, 1.165) is 74.3 Å². The maximum atomic E-state index is 5.35. The van der Waals surface area contributed by atoms with Crippen molar-refractivity contribution in [2.24, 2.45) is 0 Å². The Morgan fingerprint density at radius 2 is 1.81 bits per heavy atom. The lowest BCUT2D eigenvalue weighted by Gasteiger charge is -2.43. The van der Waals surface area contributed by atoms with Crippen LogP contribution in [0.1, 0.15) is 18.3 Å². The van der Waals surface area contributed by atoms with Gasteiger partial charge in [-0.2, -0.15) is 5.10 Å². The van der Waals surface area contributed by atoms with Gasteiger partial charge in [-0.25, -0.2) is 9.97 Å². The predicted octanol–water partition coefficient (Wildman–Crippen LogP) is 3.53. The molecule has 184 valence electrons. The molecular formula is C28H31N7O. The molecule has 0 spiro atoms. The number of aryl methyl sites for hydroxylation is 1. The lowest BCUT2D eigenvalue weighted by molar-refractivity contribution is -0.0660. The summed E-state index contributed by atoms with van der Waals surface area (Å²) < 4.78 is 7.30. The largest absolute Gasteiger partial charge is 0.378 e. The SMILES string of the molecule is CCn1cc(-c2ccnc(Cc3ccc(N4CCN(C5COC5)CC4)cc3)n2)c(-c2cccnc2)n1. The van der Waals surface area contributed by atoms with E-state index in [0.29, 0.717) is 12.5 Å². The number of piperazine rings is 1. The van der Waals surface area contributed by atoms with E-state index < -0.39 is 0 Å². The number of ether oxygens (including phenoxy) is 1. The number of hydrogen-bond donors (Lipinski definition) is 0. The molecule has 3 aromatic heterocycles. The molecule has 6 rings (SSSR count). The molecule has 0 radical (unpaired) electrons. The molecule has 0 bridgehead atoms.